The maximum atomic E-state index is 9.31. The van der Waals surface area contributed by atoms with Crippen LogP contribution in [0.1, 0.15) is 65.7 Å². The van der Waals surface area contributed by atoms with Gasteiger partial charge in [0.15, 0.2) is 8.32 Å². The van der Waals surface area contributed by atoms with Gasteiger partial charge in [-0.3, -0.25) is 0 Å². The normalized spacial score (nSPS) is 22.1. The van der Waals surface area contributed by atoms with E-state index >= 15 is 0 Å². The van der Waals surface area contributed by atoms with Crippen molar-refractivity contribution >= 4 is 8.32 Å². The van der Waals surface area contributed by atoms with Crippen molar-refractivity contribution < 1.29 is 9.53 Å². The average Bonchev–Trinajstić information content (AvgIpc) is 2.96. The highest BCUT2D eigenvalue weighted by Crippen LogP contribution is 2.33. The van der Waals surface area contributed by atoms with Gasteiger partial charge in [0, 0.05) is 12.5 Å². The quantitative estimate of drug-likeness (QED) is 0.392. The molecule has 0 heterocycles. The Hall–Kier alpha value is -0.123. The molecule has 0 saturated carbocycles. The van der Waals surface area contributed by atoms with E-state index in [9.17, 15) is 5.11 Å². The lowest BCUT2D eigenvalue weighted by atomic mass is 10.1. The van der Waals surface area contributed by atoms with Crippen LogP contribution in [0.2, 0.25) is 18.1 Å². The molecule has 0 aromatic heterocycles. The Morgan fingerprint density at radius 3 is 1.86 bits per heavy atom. The monoisotopic (exact) mass is 312 g/mol. The Balaban J connectivity index is 2.68. The summed E-state index contributed by atoms with van der Waals surface area (Å²) in [6.07, 6.45) is 13.4. The summed E-state index contributed by atoms with van der Waals surface area (Å²) < 4.78 is 6.78. The van der Waals surface area contributed by atoms with Crippen molar-refractivity contribution in [1.82, 2.24) is 0 Å². The lowest BCUT2D eigenvalue weighted by Crippen LogP contribution is -2.41. The fraction of sp³-hybridized carbons (Fsp3) is 0.889. The molecule has 21 heavy (non-hydrogen) atoms. The van der Waals surface area contributed by atoms with Crippen LogP contribution in [-0.2, 0) is 4.43 Å². The van der Waals surface area contributed by atoms with Crippen molar-refractivity contribution in [3.8, 4) is 0 Å². The highest BCUT2D eigenvalue weighted by atomic mass is 28.4. The maximum absolute atomic E-state index is 9.31. The van der Waals surface area contributed by atoms with Gasteiger partial charge in [0.1, 0.15) is 0 Å². The zero-order valence-electron chi connectivity index (χ0n) is 14.4. The molecule has 0 radical (unpaired) electrons. The standard InChI is InChI=1S/C18H36O2Si/c1-4-7-12-21(13-8-5-2,14-9-6-3)20-18-11-10-17(15-18)16-19/h10-11,17-19H,4-9,12-16H2,1-3H3/t17-,18+/m0/s1. The Morgan fingerprint density at radius 2 is 1.48 bits per heavy atom. The van der Waals surface area contributed by atoms with Gasteiger partial charge < -0.3 is 9.53 Å². The van der Waals surface area contributed by atoms with Gasteiger partial charge in [0.2, 0.25) is 0 Å². The zero-order valence-corrected chi connectivity index (χ0v) is 15.4. The molecule has 1 N–H and O–H groups in total. The Kier molecular flexibility index (Phi) is 9.53. The summed E-state index contributed by atoms with van der Waals surface area (Å²) >= 11 is 0. The van der Waals surface area contributed by atoms with Gasteiger partial charge in [-0.2, -0.15) is 0 Å². The minimum Gasteiger partial charge on any atom is -0.411 e. The van der Waals surface area contributed by atoms with E-state index in [0.29, 0.717) is 5.92 Å². The third-order valence-corrected chi connectivity index (χ3v) is 9.32. The summed E-state index contributed by atoms with van der Waals surface area (Å²) in [5.74, 6) is 0.324. The van der Waals surface area contributed by atoms with Gasteiger partial charge in [-0.1, -0.05) is 71.4 Å². The van der Waals surface area contributed by atoms with Crippen molar-refractivity contribution in [2.24, 2.45) is 5.92 Å². The van der Waals surface area contributed by atoms with Crippen LogP contribution >= 0.6 is 0 Å². The molecule has 2 atom stereocenters. The summed E-state index contributed by atoms with van der Waals surface area (Å²) in [4.78, 5) is 0. The summed E-state index contributed by atoms with van der Waals surface area (Å²) in [5.41, 5.74) is 0. The zero-order chi connectivity index (χ0) is 15.6. The molecule has 1 aliphatic rings. The number of hydrogen-bond donors (Lipinski definition) is 1. The van der Waals surface area contributed by atoms with Crippen LogP contribution in [-0.4, -0.2) is 26.1 Å². The molecular formula is C18H36O2Si. The predicted molar refractivity (Wildman–Crippen MR) is 94.1 cm³/mol. The van der Waals surface area contributed by atoms with E-state index in [0.717, 1.165) is 6.42 Å². The van der Waals surface area contributed by atoms with Crippen LogP contribution in [0.15, 0.2) is 12.2 Å². The largest absolute Gasteiger partial charge is 0.411 e. The lowest BCUT2D eigenvalue weighted by Gasteiger charge is -2.34. The molecule has 0 amide bonds. The van der Waals surface area contributed by atoms with Gasteiger partial charge in [-0.15, -0.1) is 0 Å². The lowest BCUT2D eigenvalue weighted by molar-refractivity contribution is 0.186. The summed E-state index contributed by atoms with van der Waals surface area (Å²) in [6.45, 7) is 7.13. The smallest absolute Gasteiger partial charge is 0.193 e. The summed E-state index contributed by atoms with van der Waals surface area (Å²) in [6, 6.07) is 3.99. The average molecular weight is 313 g/mol. The van der Waals surface area contributed by atoms with E-state index in [2.05, 4.69) is 32.9 Å². The van der Waals surface area contributed by atoms with E-state index in [4.69, 9.17) is 4.43 Å². The number of rotatable bonds is 12. The van der Waals surface area contributed by atoms with Crippen molar-refractivity contribution in [2.45, 2.75) is 90.0 Å². The third-order valence-electron chi connectivity index (χ3n) is 4.73. The molecule has 0 fully saturated rings. The summed E-state index contributed by atoms with van der Waals surface area (Å²) in [5, 5.41) is 9.31. The van der Waals surface area contributed by atoms with E-state index in [1.54, 1.807) is 0 Å². The van der Waals surface area contributed by atoms with Crippen molar-refractivity contribution in [1.29, 1.82) is 0 Å². The highest BCUT2D eigenvalue weighted by Gasteiger charge is 2.36. The topological polar surface area (TPSA) is 29.5 Å². The molecule has 0 spiro atoms. The SMILES string of the molecule is CCCC[Si](CCCC)(CCCC)O[C@@H]1C=C[C@H](CO)C1. The van der Waals surface area contributed by atoms with Crippen molar-refractivity contribution in [3.63, 3.8) is 0 Å². The van der Waals surface area contributed by atoms with Gasteiger partial charge in [-0.25, -0.2) is 0 Å². The predicted octanol–water partition coefficient (Wildman–Crippen LogP) is 5.29. The highest BCUT2D eigenvalue weighted by molar-refractivity contribution is 6.73. The number of aliphatic hydroxyl groups is 1. The molecule has 1 rings (SSSR count). The van der Waals surface area contributed by atoms with Crippen molar-refractivity contribution in [2.75, 3.05) is 6.61 Å². The van der Waals surface area contributed by atoms with Crippen LogP contribution in [0.4, 0.5) is 0 Å². The number of unbranched alkanes of at least 4 members (excludes halogenated alkanes) is 3. The first-order valence-electron chi connectivity index (χ1n) is 9.16. The maximum Gasteiger partial charge on any atom is 0.193 e. The van der Waals surface area contributed by atoms with Crippen LogP contribution in [0.5, 0.6) is 0 Å². The molecule has 0 aromatic rings. The second-order valence-corrected chi connectivity index (χ2v) is 10.8. The number of aliphatic hydroxyl groups excluding tert-OH is 1. The Morgan fingerprint density at radius 1 is 0.952 bits per heavy atom. The molecule has 0 aliphatic heterocycles. The molecule has 2 nitrogen and oxygen atoms in total. The van der Waals surface area contributed by atoms with Gasteiger partial charge in [0.05, 0.1) is 6.10 Å². The third kappa shape index (κ3) is 6.66. The van der Waals surface area contributed by atoms with Gasteiger partial charge in [0.25, 0.3) is 0 Å². The molecule has 0 unspecified atom stereocenters. The van der Waals surface area contributed by atoms with E-state index in [1.165, 1.54) is 56.7 Å². The molecule has 0 aromatic carbocycles. The van der Waals surface area contributed by atoms with E-state index in [1.807, 2.05) is 0 Å². The molecule has 124 valence electrons. The Labute approximate surface area is 133 Å². The number of hydrogen-bond acceptors (Lipinski definition) is 2. The minimum absolute atomic E-state index is 0.268. The van der Waals surface area contributed by atoms with Gasteiger partial charge >= 0.3 is 0 Å². The van der Waals surface area contributed by atoms with Crippen LogP contribution in [0.3, 0.4) is 0 Å². The molecular weight excluding hydrogens is 276 g/mol. The van der Waals surface area contributed by atoms with Crippen LogP contribution < -0.4 is 0 Å². The first kappa shape index (κ1) is 18.9. The second kappa shape index (κ2) is 10.6. The fourth-order valence-electron chi connectivity index (χ4n) is 3.33. The van der Waals surface area contributed by atoms with Crippen molar-refractivity contribution in [3.05, 3.63) is 12.2 Å². The van der Waals surface area contributed by atoms with E-state index < -0.39 is 8.32 Å². The van der Waals surface area contributed by atoms with E-state index in [-0.39, 0.29) is 12.7 Å². The van der Waals surface area contributed by atoms with Crippen LogP contribution in [0.25, 0.3) is 0 Å². The summed E-state index contributed by atoms with van der Waals surface area (Å²) in [7, 11) is -1.60. The second-order valence-electron chi connectivity index (χ2n) is 6.71. The fourth-order valence-corrected chi connectivity index (χ4v) is 8.24. The first-order valence-corrected chi connectivity index (χ1v) is 11.7. The molecule has 1 aliphatic carbocycles. The molecule has 0 saturated heterocycles. The molecule has 0 bridgehead atoms. The minimum atomic E-state index is -1.60. The molecule has 3 heteroatoms. The van der Waals surface area contributed by atoms with Gasteiger partial charge in [-0.05, 0) is 24.6 Å². The Bertz CT molecular complexity index is 269. The van der Waals surface area contributed by atoms with Crippen LogP contribution in [0, 0.1) is 5.92 Å². The first-order chi connectivity index (χ1) is 10.2.